The van der Waals surface area contributed by atoms with Crippen molar-refractivity contribution in [2.45, 2.75) is 32.5 Å². The standard InChI is InChI=1S/C13H18BrN3OS/c1-8-6-10(16-18-8)7-17(3)13(9(2)15)11-4-5-12(14)19-11/h4-6,9,13H,7,15H2,1-3H3. The van der Waals surface area contributed by atoms with Crippen LogP contribution in [0, 0.1) is 6.92 Å². The van der Waals surface area contributed by atoms with Gasteiger partial charge in [0.2, 0.25) is 0 Å². The molecule has 0 saturated heterocycles. The van der Waals surface area contributed by atoms with Gasteiger partial charge in [-0.1, -0.05) is 5.16 Å². The van der Waals surface area contributed by atoms with Crippen molar-refractivity contribution in [3.05, 3.63) is 38.3 Å². The Kier molecular flexibility index (Phi) is 4.78. The summed E-state index contributed by atoms with van der Waals surface area (Å²) in [4.78, 5) is 3.46. The zero-order valence-electron chi connectivity index (χ0n) is 11.3. The smallest absolute Gasteiger partial charge is 0.133 e. The average Bonchev–Trinajstić information content (AvgIpc) is 2.88. The molecule has 0 saturated carbocycles. The van der Waals surface area contributed by atoms with Gasteiger partial charge in [0.15, 0.2) is 0 Å². The Hall–Kier alpha value is -0.690. The van der Waals surface area contributed by atoms with Crippen molar-refractivity contribution in [3.63, 3.8) is 0 Å². The van der Waals surface area contributed by atoms with Crippen LogP contribution in [0.25, 0.3) is 0 Å². The summed E-state index contributed by atoms with van der Waals surface area (Å²) >= 11 is 5.22. The Balaban J connectivity index is 2.15. The molecule has 0 bridgehead atoms. The molecule has 0 aliphatic carbocycles. The molecule has 0 fully saturated rings. The van der Waals surface area contributed by atoms with Crippen LogP contribution < -0.4 is 5.73 Å². The van der Waals surface area contributed by atoms with Gasteiger partial charge in [-0.15, -0.1) is 11.3 Å². The third-order valence-corrected chi connectivity index (χ3v) is 4.64. The highest BCUT2D eigenvalue weighted by atomic mass is 79.9. The van der Waals surface area contributed by atoms with Crippen molar-refractivity contribution in [2.75, 3.05) is 7.05 Å². The second-order valence-electron chi connectivity index (χ2n) is 4.79. The molecule has 4 nitrogen and oxygen atoms in total. The number of nitrogens with two attached hydrogens (primary N) is 1. The summed E-state index contributed by atoms with van der Waals surface area (Å²) in [5, 5.41) is 4.03. The van der Waals surface area contributed by atoms with Gasteiger partial charge in [0.05, 0.1) is 15.5 Å². The molecule has 104 valence electrons. The topological polar surface area (TPSA) is 55.3 Å². The maximum absolute atomic E-state index is 6.14. The maximum atomic E-state index is 6.14. The predicted octanol–water partition coefficient (Wildman–Crippen LogP) is 3.33. The first-order chi connectivity index (χ1) is 8.97. The van der Waals surface area contributed by atoms with E-state index in [1.165, 1.54) is 4.88 Å². The van der Waals surface area contributed by atoms with Crippen LogP contribution in [0.4, 0.5) is 0 Å². The molecule has 2 atom stereocenters. The van der Waals surface area contributed by atoms with E-state index in [-0.39, 0.29) is 12.1 Å². The molecule has 0 aromatic carbocycles. The lowest BCUT2D eigenvalue weighted by Gasteiger charge is -2.29. The largest absolute Gasteiger partial charge is 0.361 e. The van der Waals surface area contributed by atoms with Crippen LogP contribution in [0.3, 0.4) is 0 Å². The first kappa shape index (κ1) is 14.7. The molecule has 0 radical (unpaired) electrons. The van der Waals surface area contributed by atoms with Crippen molar-refractivity contribution in [3.8, 4) is 0 Å². The lowest BCUT2D eigenvalue weighted by Crippen LogP contribution is -2.36. The first-order valence-corrected chi connectivity index (χ1v) is 7.71. The van der Waals surface area contributed by atoms with Crippen LogP contribution in [0.15, 0.2) is 26.5 Å². The molecule has 2 unspecified atom stereocenters. The fourth-order valence-electron chi connectivity index (χ4n) is 2.21. The van der Waals surface area contributed by atoms with Crippen LogP contribution in [0.2, 0.25) is 0 Å². The quantitative estimate of drug-likeness (QED) is 0.904. The number of likely N-dealkylation sites (N-methyl/N-ethyl adjacent to an activating group) is 1. The zero-order valence-corrected chi connectivity index (χ0v) is 13.7. The number of aryl methyl sites for hydroxylation is 1. The van der Waals surface area contributed by atoms with Crippen molar-refractivity contribution in [1.82, 2.24) is 10.1 Å². The summed E-state index contributed by atoms with van der Waals surface area (Å²) in [6.07, 6.45) is 0. The van der Waals surface area contributed by atoms with Crippen LogP contribution in [0.1, 0.15) is 29.3 Å². The van der Waals surface area contributed by atoms with Gasteiger partial charge in [-0.05, 0) is 49.0 Å². The molecule has 0 aliphatic rings. The van der Waals surface area contributed by atoms with Gasteiger partial charge in [-0.25, -0.2) is 0 Å². The molecule has 0 aliphatic heterocycles. The molecular weight excluding hydrogens is 326 g/mol. The molecule has 19 heavy (non-hydrogen) atoms. The Labute approximate surface area is 125 Å². The summed E-state index contributed by atoms with van der Waals surface area (Å²) in [6.45, 7) is 4.65. The van der Waals surface area contributed by atoms with Gasteiger partial charge in [0.25, 0.3) is 0 Å². The Morgan fingerprint density at radius 2 is 2.26 bits per heavy atom. The molecule has 2 N–H and O–H groups in total. The van der Waals surface area contributed by atoms with Gasteiger partial charge in [0.1, 0.15) is 5.76 Å². The number of hydrogen-bond acceptors (Lipinski definition) is 5. The van der Waals surface area contributed by atoms with Gasteiger partial charge in [-0.2, -0.15) is 0 Å². The highest BCUT2D eigenvalue weighted by Crippen LogP contribution is 2.32. The van der Waals surface area contributed by atoms with E-state index in [1.807, 2.05) is 19.9 Å². The molecule has 2 rings (SSSR count). The maximum Gasteiger partial charge on any atom is 0.133 e. The van der Waals surface area contributed by atoms with E-state index in [1.54, 1.807) is 11.3 Å². The number of nitrogens with zero attached hydrogens (tertiary/aromatic N) is 2. The Morgan fingerprint density at radius 3 is 2.74 bits per heavy atom. The van der Waals surface area contributed by atoms with Gasteiger partial charge in [-0.3, -0.25) is 4.90 Å². The van der Waals surface area contributed by atoms with E-state index in [0.717, 1.165) is 21.8 Å². The zero-order chi connectivity index (χ0) is 14.0. The Bertz CT molecular complexity index is 537. The van der Waals surface area contributed by atoms with E-state index in [4.69, 9.17) is 10.3 Å². The molecule has 2 aromatic heterocycles. The minimum atomic E-state index is 0.0450. The number of rotatable bonds is 5. The molecule has 0 amide bonds. The fraction of sp³-hybridized carbons (Fsp3) is 0.462. The predicted molar refractivity (Wildman–Crippen MR) is 81.1 cm³/mol. The number of aromatic nitrogens is 1. The fourth-order valence-corrected chi connectivity index (χ4v) is 3.92. The molecular formula is C13H18BrN3OS. The minimum absolute atomic E-state index is 0.0450. The highest BCUT2D eigenvalue weighted by Gasteiger charge is 2.23. The summed E-state index contributed by atoms with van der Waals surface area (Å²) in [5.74, 6) is 0.833. The molecule has 2 heterocycles. The number of thiophene rings is 1. The number of hydrogen-bond donors (Lipinski definition) is 1. The minimum Gasteiger partial charge on any atom is -0.361 e. The monoisotopic (exact) mass is 343 g/mol. The second-order valence-corrected chi connectivity index (χ2v) is 7.28. The normalized spacial score (nSPS) is 14.8. The summed E-state index contributed by atoms with van der Waals surface area (Å²) in [6, 6.07) is 6.35. The van der Waals surface area contributed by atoms with Crippen molar-refractivity contribution < 1.29 is 4.52 Å². The van der Waals surface area contributed by atoms with E-state index in [9.17, 15) is 0 Å². The van der Waals surface area contributed by atoms with Crippen LogP contribution in [-0.4, -0.2) is 23.1 Å². The van der Waals surface area contributed by atoms with Crippen molar-refractivity contribution >= 4 is 27.3 Å². The van der Waals surface area contributed by atoms with Crippen molar-refractivity contribution in [1.29, 1.82) is 0 Å². The van der Waals surface area contributed by atoms with E-state index >= 15 is 0 Å². The summed E-state index contributed by atoms with van der Waals surface area (Å²) in [5.41, 5.74) is 7.08. The lowest BCUT2D eigenvalue weighted by molar-refractivity contribution is 0.208. The average molecular weight is 344 g/mol. The van der Waals surface area contributed by atoms with Crippen LogP contribution >= 0.6 is 27.3 Å². The van der Waals surface area contributed by atoms with Crippen LogP contribution in [-0.2, 0) is 6.54 Å². The number of halogens is 1. The highest BCUT2D eigenvalue weighted by molar-refractivity contribution is 9.11. The SMILES string of the molecule is Cc1cc(CN(C)C(c2ccc(Br)s2)C(C)N)no1. The third-order valence-electron chi connectivity index (χ3n) is 2.95. The van der Waals surface area contributed by atoms with Gasteiger partial charge >= 0.3 is 0 Å². The first-order valence-electron chi connectivity index (χ1n) is 6.10. The summed E-state index contributed by atoms with van der Waals surface area (Å²) in [7, 11) is 2.06. The second kappa shape index (κ2) is 6.17. The van der Waals surface area contributed by atoms with E-state index in [2.05, 4.69) is 45.2 Å². The lowest BCUT2D eigenvalue weighted by atomic mass is 10.1. The van der Waals surface area contributed by atoms with Gasteiger partial charge < -0.3 is 10.3 Å². The summed E-state index contributed by atoms with van der Waals surface area (Å²) < 4.78 is 6.23. The third kappa shape index (κ3) is 3.66. The van der Waals surface area contributed by atoms with Crippen LogP contribution in [0.5, 0.6) is 0 Å². The van der Waals surface area contributed by atoms with E-state index in [0.29, 0.717) is 0 Å². The Morgan fingerprint density at radius 1 is 1.53 bits per heavy atom. The van der Waals surface area contributed by atoms with E-state index < -0.39 is 0 Å². The molecule has 0 spiro atoms. The molecule has 2 aromatic rings. The van der Waals surface area contributed by atoms with Crippen molar-refractivity contribution in [2.24, 2.45) is 5.73 Å². The molecule has 6 heteroatoms. The van der Waals surface area contributed by atoms with Gasteiger partial charge in [0, 0.05) is 23.5 Å².